The number of rotatable bonds is 5. The number of benzene rings is 1. The summed E-state index contributed by atoms with van der Waals surface area (Å²) < 4.78 is 0. The minimum Gasteiger partial charge on any atom is -0.390 e. The lowest BCUT2D eigenvalue weighted by Gasteiger charge is -2.17. The Bertz CT molecular complexity index is 282. The fourth-order valence-corrected chi connectivity index (χ4v) is 1.39. The highest BCUT2D eigenvalue weighted by atomic mass is 16.3. The molecule has 1 aromatic rings. The summed E-state index contributed by atoms with van der Waals surface area (Å²) in [5.74, 6) is 0. The Labute approximate surface area is 91.7 Å². The molecule has 15 heavy (non-hydrogen) atoms. The minimum absolute atomic E-state index is 0.332. The van der Waals surface area contributed by atoms with Crippen molar-refractivity contribution in [1.82, 2.24) is 4.90 Å². The summed E-state index contributed by atoms with van der Waals surface area (Å²) >= 11 is 0. The highest BCUT2D eigenvalue weighted by Gasteiger charge is 2.04. The van der Waals surface area contributed by atoms with E-state index < -0.39 is 0 Å². The van der Waals surface area contributed by atoms with Crippen molar-refractivity contribution >= 4 is 5.69 Å². The molecule has 0 bridgehead atoms. The fourth-order valence-electron chi connectivity index (χ4n) is 1.39. The van der Waals surface area contributed by atoms with E-state index in [-0.39, 0.29) is 6.10 Å². The van der Waals surface area contributed by atoms with Gasteiger partial charge >= 0.3 is 0 Å². The Hall–Kier alpha value is -1.06. The van der Waals surface area contributed by atoms with Gasteiger partial charge in [-0.25, -0.2) is 0 Å². The minimum atomic E-state index is -0.332. The van der Waals surface area contributed by atoms with Gasteiger partial charge < -0.3 is 15.3 Å². The van der Waals surface area contributed by atoms with Crippen molar-refractivity contribution in [3.8, 4) is 0 Å². The van der Waals surface area contributed by atoms with Crippen LogP contribution in [0.15, 0.2) is 24.3 Å². The van der Waals surface area contributed by atoms with Crippen LogP contribution in [0.3, 0.4) is 0 Å². The van der Waals surface area contributed by atoms with Crippen LogP contribution in [0.4, 0.5) is 5.69 Å². The SMILES string of the molecule is Cc1ccc(NCC(O)CN(C)C)cc1. The van der Waals surface area contributed by atoms with Gasteiger partial charge in [0.1, 0.15) is 0 Å². The second kappa shape index (κ2) is 5.73. The molecule has 1 aromatic carbocycles. The maximum Gasteiger partial charge on any atom is 0.0838 e. The first-order chi connectivity index (χ1) is 7.08. The topological polar surface area (TPSA) is 35.5 Å². The van der Waals surface area contributed by atoms with Crippen molar-refractivity contribution in [2.24, 2.45) is 0 Å². The van der Waals surface area contributed by atoms with Gasteiger partial charge in [-0.2, -0.15) is 0 Å². The molecule has 3 nitrogen and oxygen atoms in total. The Morgan fingerprint density at radius 2 is 1.87 bits per heavy atom. The zero-order valence-corrected chi connectivity index (χ0v) is 9.70. The molecular weight excluding hydrogens is 188 g/mol. The standard InChI is InChI=1S/C12H20N2O/c1-10-4-6-11(7-5-10)13-8-12(15)9-14(2)3/h4-7,12-13,15H,8-9H2,1-3H3. The van der Waals surface area contributed by atoms with Crippen LogP contribution in [0.1, 0.15) is 5.56 Å². The summed E-state index contributed by atoms with van der Waals surface area (Å²) in [5.41, 5.74) is 2.30. The van der Waals surface area contributed by atoms with Crippen molar-refractivity contribution in [2.45, 2.75) is 13.0 Å². The molecule has 84 valence electrons. The van der Waals surface area contributed by atoms with E-state index in [1.165, 1.54) is 5.56 Å². The average Bonchev–Trinajstić information content (AvgIpc) is 2.16. The largest absolute Gasteiger partial charge is 0.390 e. The lowest BCUT2D eigenvalue weighted by molar-refractivity contribution is 0.148. The van der Waals surface area contributed by atoms with Gasteiger partial charge in [-0.1, -0.05) is 17.7 Å². The Kier molecular flexibility index (Phi) is 4.59. The van der Waals surface area contributed by atoms with E-state index in [9.17, 15) is 5.11 Å². The van der Waals surface area contributed by atoms with Gasteiger partial charge in [-0.05, 0) is 33.2 Å². The van der Waals surface area contributed by atoms with E-state index in [1.807, 2.05) is 31.1 Å². The van der Waals surface area contributed by atoms with E-state index in [1.54, 1.807) is 0 Å². The zero-order valence-electron chi connectivity index (χ0n) is 9.70. The number of hydrogen-bond donors (Lipinski definition) is 2. The summed E-state index contributed by atoms with van der Waals surface area (Å²) in [6.45, 7) is 3.32. The first kappa shape index (κ1) is 12.0. The lowest BCUT2D eigenvalue weighted by atomic mass is 10.2. The van der Waals surface area contributed by atoms with Crippen LogP contribution in [-0.4, -0.2) is 43.3 Å². The third-order valence-electron chi connectivity index (χ3n) is 2.17. The predicted octanol–water partition coefficient (Wildman–Crippen LogP) is 1.33. The fraction of sp³-hybridized carbons (Fsp3) is 0.500. The van der Waals surface area contributed by atoms with Crippen LogP contribution >= 0.6 is 0 Å². The molecule has 0 aromatic heterocycles. The van der Waals surface area contributed by atoms with Crippen LogP contribution < -0.4 is 5.32 Å². The molecule has 0 aliphatic carbocycles. The number of aliphatic hydroxyl groups excluding tert-OH is 1. The molecule has 1 unspecified atom stereocenters. The molecular formula is C12H20N2O. The van der Waals surface area contributed by atoms with E-state index in [0.29, 0.717) is 13.1 Å². The second-order valence-electron chi connectivity index (χ2n) is 4.16. The number of likely N-dealkylation sites (N-methyl/N-ethyl adjacent to an activating group) is 1. The molecule has 0 amide bonds. The van der Waals surface area contributed by atoms with Crippen LogP contribution in [0.25, 0.3) is 0 Å². The Morgan fingerprint density at radius 1 is 1.27 bits per heavy atom. The van der Waals surface area contributed by atoms with Gasteiger partial charge in [0.05, 0.1) is 6.10 Å². The third kappa shape index (κ3) is 4.81. The number of hydrogen-bond acceptors (Lipinski definition) is 3. The maximum atomic E-state index is 9.63. The first-order valence-electron chi connectivity index (χ1n) is 5.21. The molecule has 0 fully saturated rings. The smallest absolute Gasteiger partial charge is 0.0838 e. The van der Waals surface area contributed by atoms with Crippen LogP contribution in [0.5, 0.6) is 0 Å². The molecule has 2 N–H and O–H groups in total. The quantitative estimate of drug-likeness (QED) is 0.766. The molecule has 1 atom stereocenters. The predicted molar refractivity (Wildman–Crippen MR) is 64.2 cm³/mol. The molecule has 0 saturated carbocycles. The summed E-state index contributed by atoms with van der Waals surface area (Å²) in [5, 5.41) is 12.8. The normalized spacial score (nSPS) is 12.9. The van der Waals surface area contributed by atoms with Crippen molar-refractivity contribution < 1.29 is 5.11 Å². The Morgan fingerprint density at radius 3 is 2.40 bits per heavy atom. The zero-order chi connectivity index (χ0) is 11.3. The van der Waals surface area contributed by atoms with Crippen molar-refractivity contribution in [1.29, 1.82) is 0 Å². The van der Waals surface area contributed by atoms with Gasteiger partial charge in [0.2, 0.25) is 0 Å². The van der Waals surface area contributed by atoms with Crippen molar-refractivity contribution in [3.63, 3.8) is 0 Å². The molecule has 0 aliphatic heterocycles. The van der Waals surface area contributed by atoms with Crippen molar-refractivity contribution in [3.05, 3.63) is 29.8 Å². The number of aryl methyl sites for hydroxylation is 1. The number of aliphatic hydroxyl groups is 1. The van der Waals surface area contributed by atoms with E-state index in [0.717, 1.165) is 5.69 Å². The monoisotopic (exact) mass is 208 g/mol. The molecule has 0 aliphatic rings. The molecule has 0 saturated heterocycles. The van der Waals surface area contributed by atoms with Gasteiger partial charge in [0.25, 0.3) is 0 Å². The molecule has 3 heteroatoms. The highest BCUT2D eigenvalue weighted by molar-refractivity contribution is 5.44. The second-order valence-corrected chi connectivity index (χ2v) is 4.16. The van der Waals surface area contributed by atoms with E-state index in [4.69, 9.17) is 0 Å². The number of nitrogens with one attached hydrogen (secondary N) is 1. The van der Waals surface area contributed by atoms with Gasteiger partial charge in [0.15, 0.2) is 0 Å². The molecule has 0 heterocycles. The van der Waals surface area contributed by atoms with Gasteiger partial charge in [0, 0.05) is 18.8 Å². The Balaban J connectivity index is 2.33. The maximum absolute atomic E-state index is 9.63. The van der Waals surface area contributed by atoms with Gasteiger partial charge in [-0.15, -0.1) is 0 Å². The van der Waals surface area contributed by atoms with E-state index in [2.05, 4.69) is 24.4 Å². The average molecular weight is 208 g/mol. The molecule has 1 rings (SSSR count). The van der Waals surface area contributed by atoms with E-state index >= 15 is 0 Å². The highest BCUT2D eigenvalue weighted by Crippen LogP contribution is 2.08. The van der Waals surface area contributed by atoms with Crippen LogP contribution in [0, 0.1) is 6.92 Å². The van der Waals surface area contributed by atoms with Gasteiger partial charge in [-0.3, -0.25) is 0 Å². The first-order valence-corrected chi connectivity index (χ1v) is 5.21. The molecule has 0 radical (unpaired) electrons. The summed E-state index contributed by atoms with van der Waals surface area (Å²) in [6.07, 6.45) is -0.332. The summed E-state index contributed by atoms with van der Waals surface area (Å²) in [6, 6.07) is 8.16. The third-order valence-corrected chi connectivity index (χ3v) is 2.17. The van der Waals surface area contributed by atoms with Crippen LogP contribution in [-0.2, 0) is 0 Å². The van der Waals surface area contributed by atoms with Crippen LogP contribution in [0.2, 0.25) is 0 Å². The molecule has 0 spiro atoms. The number of anilines is 1. The summed E-state index contributed by atoms with van der Waals surface area (Å²) in [7, 11) is 3.91. The lowest BCUT2D eigenvalue weighted by Crippen LogP contribution is -2.31. The number of nitrogens with zero attached hydrogens (tertiary/aromatic N) is 1. The van der Waals surface area contributed by atoms with Crippen molar-refractivity contribution in [2.75, 3.05) is 32.5 Å². The summed E-state index contributed by atoms with van der Waals surface area (Å²) in [4.78, 5) is 1.97.